The Morgan fingerprint density at radius 2 is 2.35 bits per heavy atom. The van der Waals surface area contributed by atoms with Gasteiger partial charge in [0, 0.05) is 40.9 Å². The predicted molar refractivity (Wildman–Crippen MR) is 83.1 cm³/mol. The Morgan fingerprint density at radius 1 is 1.55 bits per heavy atom. The summed E-state index contributed by atoms with van der Waals surface area (Å²) in [6.45, 7) is 4.81. The quantitative estimate of drug-likeness (QED) is 0.794. The molecule has 0 radical (unpaired) electrons. The maximum absolute atomic E-state index is 12.2. The van der Waals surface area contributed by atoms with Crippen LogP contribution in [0.4, 0.5) is 0 Å². The van der Waals surface area contributed by atoms with Crippen LogP contribution in [-0.4, -0.2) is 49.4 Å². The van der Waals surface area contributed by atoms with Gasteiger partial charge >= 0.3 is 0 Å². The van der Waals surface area contributed by atoms with E-state index in [0.29, 0.717) is 11.3 Å². The first-order chi connectivity index (χ1) is 9.51. The lowest BCUT2D eigenvalue weighted by Crippen LogP contribution is -2.31. The van der Waals surface area contributed by atoms with Gasteiger partial charge < -0.3 is 9.80 Å². The highest BCUT2D eigenvalue weighted by Crippen LogP contribution is 2.60. The smallest absolute Gasteiger partial charge is 0.246 e. The van der Waals surface area contributed by atoms with Crippen LogP contribution >= 0.6 is 11.3 Å². The van der Waals surface area contributed by atoms with Crippen LogP contribution in [0, 0.1) is 12.8 Å². The number of hydrogen-bond acceptors (Lipinski definition) is 3. The highest BCUT2D eigenvalue weighted by Gasteiger charge is 2.62. The molecule has 1 saturated carbocycles. The lowest BCUT2D eigenvalue weighted by Gasteiger charge is -2.19. The Balaban J connectivity index is 1.63. The molecule has 0 N–H and O–H groups in total. The first kappa shape index (κ1) is 13.8. The third-order valence-corrected chi connectivity index (χ3v) is 5.64. The fourth-order valence-electron chi connectivity index (χ4n) is 3.20. The van der Waals surface area contributed by atoms with Crippen LogP contribution in [0.5, 0.6) is 0 Å². The van der Waals surface area contributed by atoms with E-state index in [4.69, 9.17) is 0 Å². The molecule has 2 unspecified atom stereocenters. The van der Waals surface area contributed by atoms with Gasteiger partial charge in [0.15, 0.2) is 0 Å². The summed E-state index contributed by atoms with van der Waals surface area (Å²) in [5.41, 5.74) is 0.296. The summed E-state index contributed by atoms with van der Waals surface area (Å²) in [4.78, 5) is 19.1. The highest BCUT2D eigenvalue weighted by atomic mass is 32.1. The van der Waals surface area contributed by atoms with Gasteiger partial charge in [-0.05, 0) is 45.5 Å². The van der Waals surface area contributed by atoms with Gasteiger partial charge in [-0.15, -0.1) is 11.3 Å². The van der Waals surface area contributed by atoms with Crippen LogP contribution < -0.4 is 0 Å². The predicted octanol–water partition coefficient (Wildman–Crippen LogP) is 2.27. The highest BCUT2D eigenvalue weighted by molar-refractivity contribution is 7.12. The Bertz CT molecular complexity index is 548. The lowest BCUT2D eigenvalue weighted by atomic mass is 10.0. The Kier molecular flexibility index (Phi) is 3.46. The maximum Gasteiger partial charge on any atom is 0.246 e. The van der Waals surface area contributed by atoms with E-state index >= 15 is 0 Å². The normalized spacial score (nSPS) is 28.4. The minimum absolute atomic E-state index is 0.173. The molecule has 1 amide bonds. The molecule has 2 aliphatic rings. The van der Waals surface area contributed by atoms with Crippen LogP contribution in [-0.2, 0) is 10.2 Å². The average Bonchev–Trinajstić information content (AvgIpc) is 2.74. The SMILES string of the molecule is Cc1ccc(C23CC2CN(C(=O)/C=C/CN(C)C)C3)s1. The molecule has 1 aliphatic carbocycles. The van der Waals surface area contributed by atoms with Gasteiger partial charge in [0.25, 0.3) is 0 Å². The van der Waals surface area contributed by atoms with E-state index in [-0.39, 0.29) is 5.91 Å². The van der Waals surface area contributed by atoms with Crippen molar-refractivity contribution in [3.05, 3.63) is 34.0 Å². The monoisotopic (exact) mass is 290 g/mol. The number of fused-ring (bicyclic) bond motifs is 1. The van der Waals surface area contributed by atoms with E-state index in [2.05, 4.69) is 24.0 Å². The second kappa shape index (κ2) is 5.01. The zero-order valence-corrected chi connectivity index (χ0v) is 13.2. The third-order valence-electron chi connectivity index (χ3n) is 4.42. The molecule has 20 heavy (non-hydrogen) atoms. The number of aryl methyl sites for hydroxylation is 1. The first-order valence-electron chi connectivity index (χ1n) is 7.18. The number of amides is 1. The van der Waals surface area contributed by atoms with Gasteiger partial charge in [-0.3, -0.25) is 4.79 Å². The number of carbonyl (C=O) groups excluding carboxylic acids is 1. The first-order valence-corrected chi connectivity index (χ1v) is 8.00. The third kappa shape index (κ3) is 2.42. The van der Waals surface area contributed by atoms with Crippen molar-refractivity contribution in [2.45, 2.75) is 18.8 Å². The molecule has 2 fully saturated rings. The van der Waals surface area contributed by atoms with E-state index in [9.17, 15) is 4.79 Å². The molecule has 1 saturated heterocycles. The zero-order valence-electron chi connectivity index (χ0n) is 12.4. The van der Waals surface area contributed by atoms with Crippen molar-refractivity contribution in [2.75, 3.05) is 33.7 Å². The van der Waals surface area contributed by atoms with Crippen LogP contribution in [0.25, 0.3) is 0 Å². The van der Waals surface area contributed by atoms with E-state index in [1.807, 2.05) is 36.4 Å². The van der Waals surface area contributed by atoms with Gasteiger partial charge in [0.1, 0.15) is 0 Å². The van der Waals surface area contributed by atoms with E-state index in [1.165, 1.54) is 16.2 Å². The topological polar surface area (TPSA) is 23.6 Å². The molecule has 0 spiro atoms. The van der Waals surface area contributed by atoms with Crippen molar-refractivity contribution in [3.8, 4) is 0 Å². The van der Waals surface area contributed by atoms with Gasteiger partial charge in [0.05, 0.1) is 0 Å². The number of piperidine rings is 1. The van der Waals surface area contributed by atoms with Crippen LogP contribution in [0.1, 0.15) is 16.2 Å². The molecule has 1 aliphatic heterocycles. The maximum atomic E-state index is 12.2. The molecule has 108 valence electrons. The average molecular weight is 290 g/mol. The number of likely N-dealkylation sites (N-methyl/N-ethyl adjacent to an activating group) is 1. The van der Waals surface area contributed by atoms with Gasteiger partial charge in [-0.25, -0.2) is 0 Å². The molecule has 2 atom stereocenters. The van der Waals surface area contributed by atoms with Crippen molar-refractivity contribution in [3.63, 3.8) is 0 Å². The molecule has 3 rings (SSSR count). The molecule has 0 bridgehead atoms. The largest absolute Gasteiger partial charge is 0.338 e. The Morgan fingerprint density at radius 3 is 3.00 bits per heavy atom. The van der Waals surface area contributed by atoms with Crippen molar-refractivity contribution in [2.24, 2.45) is 5.92 Å². The zero-order chi connectivity index (χ0) is 14.3. The van der Waals surface area contributed by atoms with Gasteiger partial charge in [0.2, 0.25) is 5.91 Å². The molecular weight excluding hydrogens is 268 g/mol. The molecule has 2 heterocycles. The van der Waals surface area contributed by atoms with E-state index in [0.717, 1.165) is 19.6 Å². The summed E-state index contributed by atoms with van der Waals surface area (Å²) < 4.78 is 0. The second-order valence-corrected chi connectivity index (χ2v) is 7.64. The standard InChI is InChI=1S/C16H22N2OS/c1-12-6-7-14(20-12)16-9-13(16)10-18(11-16)15(19)5-4-8-17(2)3/h4-7,13H,8-11H2,1-3H3/b5-4+. The fourth-order valence-corrected chi connectivity index (χ4v) is 4.34. The molecule has 3 nitrogen and oxygen atoms in total. The lowest BCUT2D eigenvalue weighted by molar-refractivity contribution is -0.125. The van der Waals surface area contributed by atoms with Crippen molar-refractivity contribution < 1.29 is 4.79 Å². The molecule has 4 heteroatoms. The number of nitrogens with zero attached hydrogens (tertiary/aromatic N) is 2. The number of hydrogen-bond donors (Lipinski definition) is 0. The molecule has 1 aromatic heterocycles. The van der Waals surface area contributed by atoms with E-state index < -0.39 is 0 Å². The van der Waals surface area contributed by atoms with Gasteiger partial charge in [-0.2, -0.15) is 0 Å². The molecular formula is C16H22N2OS. The van der Waals surface area contributed by atoms with Crippen LogP contribution in [0.3, 0.4) is 0 Å². The summed E-state index contributed by atoms with van der Waals surface area (Å²) in [6.07, 6.45) is 4.95. The second-order valence-electron chi connectivity index (χ2n) is 6.35. The molecule has 1 aromatic rings. The van der Waals surface area contributed by atoms with E-state index in [1.54, 1.807) is 6.08 Å². The van der Waals surface area contributed by atoms with Gasteiger partial charge in [-0.1, -0.05) is 6.08 Å². The summed E-state index contributed by atoms with van der Waals surface area (Å²) in [6, 6.07) is 4.46. The number of rotatable bonds is 4. The van der Waals surface area contributed by atoms with Crippen molar-refractivity contribution in [1.29, 1.82) is 0 Å². The summed E-state index contributed by atoms with van der Waals surface area (Å²) in [5.74, 6) is 0.860. The number of thiophene rings is 1. The summed E-state index contributed by atoms with van der Waals surface area (Å²) in [5, 5.41) is 0. The van der Waals surface area contributed by atoms with Crippen LogP contribution in [0.15, 0.2) is 24.3 Å². The minimum Gasteiger partial charge on any atom is -0.338 e. The molecule has 0 aromatic carbocycles. The number of carbonyl (C=O) groups is 1. The van der Waals surface area contributed by atoms with Crippen molar-refractivity contribution in [1.82, 2.24) is 9.80 Å². The number of likely N-dealkylation sites (tertiary alicyclic amines) is 1. The van der Waals surface area contributed by atoms with Crippen molar-refractivity contribution >= 4 is 17.2 Å². The Labute approximate surface area is 124 Å². The minimum atomic E-state index is 0.173. The fraction of sp³-hybridized carbons (Fsp3) is 0.562. The van der Waals surface area contributed by atoms with Crippen LogP contribution in [0.2, 0.25) is 0 Å². The summed E-state index contributed by atoms with van der Waals surface area (Å²) >= 11 is 1.90. The summed E-state index contributed by atoms with van der Waals surface area (Å²) in [7, 11) is 4.02. The Hall–Kier alpha value is -1.13.